The normalized spacial score (nSPS) is 21.9. The molecule has 36 heavy (non-hydrogen) atoms. The second kappa shape index (κ2) is 11.6. The van der Waals surface area contributed by atoms with E-state index >= 15 is 0 Å². The van der Waals surface area contributed by atoms with Crippen LogP contribution in [0.4, 0.5) is 5.69 Å². The van der Waals surface area contributed by atoms with Gasteiger partial charge in [-0.1, -0.05) is 48.7 Å². The van der Waals surface area contributed by atoms with Crippen LogP contribution in [0.1, 0.15) is 80.4 Å². The molecule has 1 saturated heterocycles. The Morgan fingerprint density at radius 2 is 1.83 bits per heavy atom. The highest BCUT2D eigenvalue weighted by Crippen LogP contribution is 2.39. The number of benzene rings is 2. The molecule has 1 unspecified atom stereocenters. The summed E-state index contributed by atoms with van der Waals surface area (Å²) < 4.78 is 8.09. The Balaban J connectivity index is 1.46. The third-order valence-electron chi connectivity index (χ3n) is 8.64. The van der Waals surface area contributed by atoms with Crippen molar-refractivity contribution in [3.8, 4) is 0 Å². The summed E-state index contributed by atoms with van der Waals surface area (Å²) in [6.07, 6.45) is 13.3. The summed E-state index contributed by atoms with van der Waals surface area (Å²) in [6, 6.07) is 15.8. The van der Waals surface area contributed by atoms with Crippen molar-refractivity contribution in [1.82, 2.24) is 4.57 Å². The first-order valence-electron chi connectivity index (χ1n) is 14.0. The van der Waals surface area contributed by atoms with E-state index in [0.717, 1.165) is 50.6 Å². The second-order valence-corrected chi connectivity index (χ2v) is 11.3. The molecule has 2 N–H and O–H groups in total. The van der Waals surface area contributed by atoms with Gasteiger partial charge in [0, 0.05) is 43.4 Å². The SMILES string of the molecule is [C-]#[N+]c1ccc2c(c1)c(C(CCCC1CCC(N)CC1)c1cccc(C)c1)cn2CC1CCOCC1. The highest BCUT2D eigenvalue weighted by molar-refractivity contribution is 5.88. The zero-order valence-corrected chi connectivity index (χ0v) is 21.8. The average molecular weight is 484 g/mol. The van der Waals surface area contributed by atoms with Crippen molar-refractivity contribution in [2.45, 2.75) is 83.2 Å². The Bertz CT molecular complexity index is 1190. The van der Waals surface area contributed by atoms with E-state index in [4.69, 9.17) is 17.0 Å². The van der Waals surface area contributed by atoms with Crippen LogP contribution in [0.3, 0.4) is 0 Å². The molecule has 2 heterocycles. The molecule has 1 aromatic heterocycles. The molecular formula is C32H41N3O. The maximum Gasteiger partial charge on any atom is 0.187 e. The minimum atomic E-state index is 0.343. The second-order valence-electron chi connectivity index (χ2n) is 11.3. The molecule has 2 aromatic carbocycles. The Morgan fingerprint density at radius 1 is 1.03 bits per heavy atom. The lowest BCUT2D eigenvalue weighted by Gasteiger charge is -2.26. The van der Waals surface area contributed by atoms with E-state index in [2.05, 4.69) is 58.9 Å². The topological polar surface area (TPSA) is 44.5 Å². The van der Waals surface area contributed by atoms with Gasteiger partial charge in [-0.05, 0) is 92.4 Å². The third kappa shape index (κ3) is 5.85. The van der Waals surface area contributed by atoms with Gasteiger partial charge in [-0.25, -0.2) is 4.85 Å². The van der Waals surface area contributed by atoms with Crippen molar-refractivity contribution in [2.75, 3.05) is 13.2 Å². The average Bonchev–Trinajstić information content (AvgIpc) is 3.25. The molecule has 2 fully saturated rings. The first-order chi connectivity index (χ1) is 17.6. The fourth-order valence-corrected chi connectivity index (χ4v) is 6.49. The molecule has 4 heteroatoms. The van der Waals surface area contributed by atoms with Crippen molar-refractivity contribution in [2.24, 2.45) is 17.6 Å². The Morgan fingerprint density at radius 3 is 2.58 bits per heavy atom. The predicted molar refractivity (Wildman–Crippen MR) is 149 cm³/mol. The number of nitrogens with two attached hydrogens (primary N) is 1. The quantitative estimate of drug-likeness (QED) is 0.333. The van der Waals surface area contributed by atoms with E-state index in [-0.39, 0.29) is 0 Å². The molecule has 1 aliphatic carbocycles. The predicted octanol–water partition coefficient (Wildman–Crippen LogP) is 7.75. The van der Waals surface area contributed by atoms with E-state index in [1.54, 1.807) is 0 Å². The van der Waals surface area contributed by atoms with Crippen LogP contribution < -0.4 is 5.73 Å². The third-order valence-corrected chi connectivity index (χ3v) is 8.64. The van der Waals surface area contributed by atoms with Gasteiger partial charge >= 0.3 is 0 Å². The molecule has 5 rings (SSSR count). The van der Waals surface area contributed by atoms with Gasteiger partial charge in [0.15, 0.2) is 5.69 Å². The lowest BCUT2D eigenvalue weighted by atomic mass is 9.81. The van der Waals surface area contributed by atoms with Crippen LogP contribution in [-0.4, -0.2) is 23.8 Å². The van der Waals surface area contributed by atoms with Gasteiger partial charge in [0.25, 0.3) is 0 Å². The molecule has 4 nitrogen and oxygen atoms in total. The highest BCUT2D eigenvalue weighted by atomic mass is 16.5. The highest BCUT2D eigenvalue weighted by Gasteiger charge is 2.24. The minimum absolute atomic E-state index is 0.343. The number of rotatable bonds is 8. The van der Waals surface area contributed by atoms with Crippen LogP contribution in [0.2, 0.25) is 0 Å². The molecule has 0 radical (unpaired) electrons. The smallest absolute Gasteiger partial charge is 0.187 e. The summed E-state index contributed by atoms with van der Waals surface area (Å²) in [5, 5.41) is 1.26. The number of fused-ring (bicyclic) bond motifs is 1. The van der Waals surface area contributed by atoms with Crippen molar-refractivity contribution >= 4 is 16.6 Å². The van der Waals surface area contributed by atoms with Gasteiger partial charge < -0.3 is 15.0 Å². The first kappa shape index (κ1) is 25.1. The molecule has 1 saturated carbocycles. The van der Waals surface area contributed by atoms with E-state index in [9.17, 15) is 0 Å². The Hall–Kier alpha value is -2.61. The number of nitrogens with zero attached hydrogens (tertiary/aromatic N) is 2. The van der Waals surface area contributed by atoms with Gasteiger partial charge in [-0.2, -0.15) is 0 Å². The maximum atomic E-state index is 7.63. The molecule has 2 aliphatic rings. The molecule has 0 bridgehead atoms. The number of ether oxygens (including phenoxy) is 1. The van der Waals surface area contributed by atoms with Gasteiger partial charge in [0.1, 0.15) is 0 Å². The van der Waals surface area contributed by atoms with Crippen LogP contribution in [0.25, 0.3) is 15.7 Å². The molecule has 0 spiro atoms. The van der Waals surface area contributed by atoms with Crippen molar-refractivity contribution in [3.05, 3.63) is 76.8 Å². The van der Waals surface area contributed by atoms with Crippen molar-refractivity contribution < 1.29 is 4.74 Å². The lowest BCUT2D eigenvalue weighted by molar-refractivity contribution is 0.0616. The Kier molecular flexibility index (Phi) is 8.09. The lowest BCUT2D eigenvalue weighted by Crippen LogP contribution is -2.26. The van der Waals surface area contributed by atoms with E-state index in [1.807, 2.05) is 6.07 Å². The molecule has 1 atom stereocenters. The standard InChI is InChI=1S/C32H41N3O/c1-23-5-3-7-26(19-23)29(8-4-6-24-9-11-27(33)12-10-24)31-22-35(21-25-15-17-36-18-16-25)32-14-13-28(34-2)20-30(31)32/h3,5,7,13-14,19-20,22,24-25,27,29H,4,6,8-12,15-18,21,33H2,1H3. The van der Waals surface area contributed by atoms with Gasteiger partial charge in [-0.3, -0.25) is 0 Å². The number of aryl methyl sites for hydroxylation is 1. The molecule has 1 aliphatic heterocycles. The number of aromatic nitrogens is 1. The van der Waals surface area contributed by atoms with Crippen molar-refractivity contribution in [1.29, 1.82) is 0 Å². The van der Waals surface area contributed by atoms with Crippen LogP contribution in [0.5, 0.6) is 0 Å². The molecular weight excluding hydrogens is 442 g/mol. The summed E-state index contributed by atoms with van der Waals surface area (Å²) in [4.78, 5) is 3.78. The van der Waals surface area contributed by atoms with Gasteiger partial charge in [0.2, 0.25) is 0 Å². The van der Waals surface area contributed by atoms with Crippen LogP contribution in [0.15, 0.2) is 48.7 Å². The zero-order chi connectivity index (χ0) is 24.9. The van der Waals surface area contributed by atoms with Gasteiger partial charge in [-0.15, -0.1) is 0 Å². The van der Waals surface area contributed by atoms with E-state index in [1.165, 1.54) is 66.1 Å². The molecule has 190 valence electrons. The minimum Gasteiger partial charge on any atom is -0.381 e. The van der Waals surface area contributed by atoms with Crippen LogP contribution in [-0.2, 0) is 11.3 Å². The monoisotopic (exact) mass is 483 g/mol. The fraction of sp³-hybridized carbons (Fsp3) is 0.531. The number of hydrogen-bond acceptors (Lipinski definition) is 2. The van der Waals surface area contributed by atoms with Crippen molar-refractivity contribution in [3.63, 3.8) is 0 Å². The van der Waals surface area contributed by atoms with E-state index < -0.39 is 0 Å². The van der Waals surface area contributed by atoms with Gasteiger partial charge in [0.05, 0.1) is 6.57 Å². The first-order valence-corrected chi connectivity index (χ1v) is 14.0. The van der Waals surface area contributed by atoms with Crippen LogP contribution >= 0.6 is 0 Å². The largest absolute Gasteiger partial charge is 0.381 e. The summed E-state index contributed by atoms with van der Waals surface area (Å²) in [5.41, 5.74) is 12.3. The molecule has 3 aromatic rings. The zero-order valence-electron chi connectivity index (χ0n) is 21.8. The fourth-order valence-electron chi connectivity index (χ4n) is 6.49. The summed E-state index contributed by atoms with van der Waals surface area (Å²) in [6.45, 7) is 12.6. The number of hydrogen-bond donors (Lipinski definition) is 1. The molecule has 0 amide bonds. The van der Waals surface area contributed by atoms with E-state index in [0.29, 0.717) is 17.9 Å². The Labute approximate surface area is 216 Å². The summed E-state index contributed by atoms with van der Waals surface area (Å²) in [7, 11) is 0. The van der Waals surface area contributed by atoms with Crippen LogP contribution in [0, 0.1) is 25.3 Å². The summed E-state index contributed by atoms with van der Waals surface area (Å²) >= 11 is 0. The summed E-state index contributed by atoms with van der Waals surface area (Å²) in [5.74, 6) is 1.82. The maximum absolute atomic E-state index is 7.63.